The Hall–Kier alpha value is -0.683. The van der Waals surface area contributed by atoms with Gasteiger partial charge in [0.25, 0.3) is 0 Å². The monoisotopic (exact) mass is 272 g/mol. The van der Waals surface area contributed by atoms with Crippen molar-refractivity contribution in [2.24, 2.45) is 5.92 Å². The van der Waals surface area contributed by atoms with E-state index >= 15 is 0 Å². The van der Waals surface area contributed by atoms with Crippen LogP contribution in [-0.2, 0) is 18.8 Å². The van der Waals surface area contributed by atoms with E-state index in [2.05, 4.69) is 25.5 Å². The first-order chi connectivity index (χ1) is 8.56. The fraction of sp³-hybridized carbons (Fsp3) is 0.846. The van der Waals surface area contributed by atoms with Gasteiger partial charge < -0.3 is 9.16 Å². The van der Waals surface area contributed by atoms with Crippen LogP contribution in [0.25, 0.3) is 0 Å². The van der Waals surface area contributed by atoms with E-state index in [4.69, 9.17) is 4.43 Å². The van der Waals surface area contributed by atoms with Crippen molar-refractivity contribution in [3.05, 3.63) is 0 Å². The molecule has 1 atom stereocenters. The molecule has 0 spiro atoms. The van der Waals surface area contributed by atoms with Crippen LogP contribution in [0.15, 0.2) is 0 Å². The summed E-state index contributed by atoms with van der Waals surface area (Å²) in [6, 6.07) is 3.43. The number of hydrogen-bond acceptors (Lipinski definition) is 4. The molecule has 1 heterocycles. The van der Waals surface area contributed by atoms with Gasteiger partial charge in [0.15, 0.2) is 8.32 Å². The van der Waals surface area contributed by atoms with E-state index in [0.29, 0.717) is 13.0 Å². The van der Waals surface area contributed by atoms with Crippen molar-refractivity contribution in [2.45, 2.75) is 58.2 Å². The summed E-state index contributed by atoms with van der Waals surface area (Å²) in [5, 5.41) is 0. The van der Waals surface area contributed by atoms with Crippen LogP contribution < -0.4 is 0 Å². The average Bonchev–Trinajstić information content (AvgIpc) is 2.69. The Bertz CT molecular complexity index is 291. The van der Waals surface area contributed by atoms with Crippen LogP contribution in [0, 0.1) is 5.92 Å². The number of hydrogen-bond donors (Lipinski definition) is 0. The van der Waals surface area contributed by atoms with Crippen molar-refractivity contribution in [1.82, 2.24) is 0 Å². The molecule has 0 amide bonds. The molecular formula is C13H24O4Si. The predicted molar refractivity (Wildman–Crippen MR) is 71.6 cm³/mol. The molecule has 0 aliphatic carbocycles. The largest absolute Gasteiger partial charge is 0.417 e. The van der Waals surface area contributed by atoms with E-state index in [0.717, 1.165) is 24.6 Å². The van der Waals surface area contributed by atoms with E-state index in [1.807, 2.05) is 0 Å². The van der Waals surface area contributed by atoms with E-state index in [9.17, 15) is 9.59 Å². The topological polar surface area (TPSA) is 52.6 Å². The van der Waals surface area contributed by atoms with Crippen LogP contribution in [0.1, 0.15) is 40.0 Å². The van der Waals surface area contributed by atoms with Gasteiger partial charge in [0.2, 0.25) is 0 Å². The third kappa shape index (κ3) is 3.92. The van der Waals surface area contributed by atoms with E-state index in [1.54, 1.807) is 0 Å². The molecule has 0 N–H and O–H groups in total. The maximum Gasteiger partial charge on any atom is 0.317 e. The maximum absolute atomic E-state index is 11.3. The molecule has 0 aromatic carbocycles. The minimum absolute atomic E-state index is 0.234. The molecule has 1 unspecified atom stereocenters. The molecule has 1 saturated heterocycles. The summed E-state index contributed by atoms with van der Waals surface area (Å²) >= 11 is 0. The van der Waals surface area contributed by atoms with Gasteiger partial charge in [-0.25, -0.2) is 0 Å². The van der Waals surface area contributed by atoms with Crippen LogP contribution in [0.4, 0.5) is 0 Å². The van der Waals surface area contributed by atoms with Crippen molar-refractivity contribution in [3.8, 4) is 0 Å². The van der Waals surface area contributed by atoms with Crippen LogP contribution in [0.3, 0.4) is 0 Å². The molecule has 0 bridgehead atoms. The first-order valence-electron chi connectivity index (χ1n) is 6.95. The molecule has 5 heteroatoms. The molecule has 18 heavy (non-hydrogen) atoms. The highest BCUT2D eigenvalue weighted by molar-refractivity contribution is 6.73. The predicted octanol–water partition coefficient (Wildman–Crippen LogP) is 2.88. The average molecular weight is 272 g/mol. The molecule has 1 rings (SSSR count). The lowest BCUT2D eigenvalue weighted by Gasteiger charge is -2.28. The molecule has 1 fully saturated rings. The summed E-state index contributed by atoms with van der Waals surface area (Å²) in [6.07, 6.45) is 1.78. The molecule has 104 valence electrons. The number of ether oxygens (including phenoxy) is 1. The summed E-state index contributed by atoms with van der Waals surface area (Å²) in [6.45, 7) is 7.31. The van der Waals surface area contributed by atoms with Crippen molar-refractivity contribution in [3.63, 3.8) is 0 Å². The number of carbonyl (C=O) groups is 2. The van der Waals surface area contributed by atoms with Gasteiger partial charge in [-0.2, -0.15) is 0 Å². The SMILES string of the molecule is CC[Si](CC)(CC)OCCCC1CC(=O)OC1=O. The van der Waals surface area contributed by atoms with Crippen LogP contribution in [0.5, 0.6) is 0 Å². The third-order valence-corrected chi connectivity index (χ3v) is 8.68. The van der Waals surface area contributed by atoms with Crippen LogP contribution in [0.2, 0.25) is 18.1 Å². The molecule has 1 aliphatic rings. The van der Waals surface area contributed by atoms with Gasteiger partial charge in [-0.1, -0.05) is 20.8 Å². The molecule has 1 aliphatic heterocycles. The Morgan fingerprint density at radius 1 is 1.22 bits per heavy atom. The molecule has 0 aromatic heterocycles. The second kappa shape index (κ2) is 7.04. The number of esters is 2. The van der Waals surface area contributed by atoms with Gasteiger partial charge in [-0.05, 0) is 31.0 Å². The zero-order chi connectivity index (χ0) is 13.6. The summed E-state index contributed by atoms with van der Waals surface area (Å²) < 4.78 is 10.6. The van der Waals surface area contributed by atoms with Gasteiger partial charge >= 0.3 is 11.9 Å². The lowest BCUT2D eigenvalue weighted by molar-refractivity contribution is -0.153. The summed E-state index contributed by atoms with van der Waals surface area (Å²) in [7, 11) is -1.51. The Morgan fingerprint density at radius 3 is 2.28 bits per heavy atom. The van der Waals surface area contributed by atoms with Crippen molar-refractivity contribution >= 4 is 20.3 Å². The summed E-state index contributed by atoms with van der Waals surface area (Å²) in [5.41, 5.74) is 0. The first-order valence-corrected chi connectivity index (χ1v) is 9.48. The molecule has 0 radical (unpaired) electrons. The quantitative estimate of drug-likeness (QED) is 0.295. The second-order valence-electron chi connectivity index (χ2n) is 4.93. The molecular weight excluding hydrogens is 248 g/mol. The summed E-state index contributed by atoms with van der Waals surface area (Å²) in [4.78, 5) is 22.2. The number of cyclic esters (lactones) is 2. The van der Waals surface area contributed by atoms with Crippen molar-refractivity contribution < 1.29 is 18.8 Å². The molecule has 0 saturated carbocycles. The highest BCUT2D eigenvalue weighted by Crippen LogP contribution is 2.24. The van der Waals surface area contributed by atoms with Crippen LogP contribution in [-0.4, -0.2) is 26.9 Å². The van der Waals surface area contributed by atoms with Gasteiger partial charge in [0, 0.05) is 6.61 Å². The van der Waals surface area contributed by atoms with E-state index in [-0.39, 0.29) is 24.3 Å². The zero-order valence-electron chi connectivity index (χ0n) is 11.7. The van der Waals surface area contributed by atoms with Crippen LogP contribution >= 0.6 is 0 Å². The molecule has 4 nitrogen and oxygen atoms in total. The summed E-state index contributed by atoms with van der Waals surface area (Å²) in [5.74, 6) is -0.975. The lowest BCUT2D eigenvalue weighted by atomic mass is 10.0. The Morgan fingerprint density at radius 2 is 1.83 bits per heavy atom. The lowest BCUT2D eigenvalue weighted by Crippen LogP contribution is -2.36. The number of carbonyl (C=O) groups excluding carboxylic acids is 2. The highest BCUT2D eigenvalue weighted by Gasteiger charge is 2.33. The van der Waals surface area contributed by atoms with E-state index in [1.165, 1.54) is 0 Å². The minimum atomic E-state index is -1.51. The normalized spacial score (nSPS) is 20.3. The Kier molecular flexibility index (Phi) is 6.01. The smallest absolute Gasteiger partial charge is 0.317 e. The zero-order valence-corrected chi connectivity index (χ0v) is 12.7. The maximum atomic E-state index is 11.3. The fourth-order valence-corrected chi connectivity index (χ4v) is 5.11. The fourth-order valence-electron chi connectivity index (χ4n) is 2.42. The highest BCUT2D eigenvalue weighted by atomic mass is 28.4. The Labute approximate surface area is 110 Å². The van der Waals surface area contributed by atoms with Gasteiger partial charge in [-0.3, -0.25) is 9.59 Å². The van der Waals surface area contributed by atoms with Crippen molar-refractivity contribution in [1.29, 1.82) is 0 Å². The van der Waals surface area contributed by atoms with Crippen molar-refractivity contribution in [2.75, 3.05) is 6.61 Å². The second-order valence-corrected chi connectivity index (χ2v) is 9.70. The number of rotatable bonds is 8. The first kappa shape index (κ1) is 15.4. The van der Waals surface area contributed by atoms with E-state index < -0.39 is 8.32 Å². The minimum Gasteiger partial charge on any atom is -0.417 e. The van der Waals surface area contributed by atoms with Gasteiger partial charge in [-0.15, -0.1) is 0 Å². The third-order valence-electron chi connectivity index (χ3n) is 4.00. The Balaban J connectivity index is 2.26. The molecule has 0 aromatic rings. The standard InChI is InChI=1S/C13H24O4Si/c1-4-18(5-2,6-3)16-9-7-8-11-10-12(14)17-13(11)15/h11H,4-10H2,1-3H3. The van der Waals surface area contributed by atoms with Gasteiger partial charge in [0.05, 0.1) is 12.3 Å². The van der Waals surface area contributed by atoms with Gasteiger partial charge in [0.1, 0.15) is 0 Å².